The predicted molar refractivity (Wildman–Crippen MR) is 75.6 cm³/mol. The van der Waals surface area contributed by atoms with Crippen molar-refractivity contribution in [2.24, 2.45) is 5.92 Å². The van der Waals surface area contributed by atoms with Crippen LogP contribution in [0.2, 0.25) is 0 Å². The van der Waals surface area contributed by atoms with Gasteiger partial charge in [0.05, 0.1) is 13.0 Å². The van der Waals surface area contributed by atoms with E-state index in [4.69, 9.17) is 9.84 Å². The molecule has 0 spiro atoms. The van der Waals surface area contributed by atoms with Gasteiger partial charge in [0.2, 0.25) is 0 Å². The summed E-state index contributed by atoms with van der Waals surface area (Å²) in [6.45, 7) is 7.02. The van der Waals surface area contributed by atoms with Crippen LogP contribution in [0.4, 0.5) is 0 Å². The molecule has 0 aliphatic carbocycles. The molecule has 1 N–H and O–H groups in total. The summed E-state index contributed by atoms with van der Waals surface area (Å²) < 4.78 is 5.42. The number of carboxylic acid groups (broad SMARTS) is 1. The maximum absolute atomic E-state index is 10.9. The molecule has 106 valence electrons. The minimum atomic E-state index is -0.764. The summed E-state index contributed by atoms with van der Waals surface area (Å²) in [5, 5.41) is 8.94. The smallest absolute Gasteiger partial charge is 0.307 e. The average Bonchev–Trinajstić information content (AvgIpc) is 2.31. The van der Waals surface area contributed by atoms with E-state index in [1.165, 1.54) is 11.1 Å². The molecule has 1 unspecified atom stereocenters. The number of aryl methyl sites for hydroxylation is 2. The molecule has 19 heavy (non-hydrogen) atoms. The molecule has 0 aliphatic rings. The summed E-state index contributed by atoms with van der Waals surface area (Å²) in [5.74, 6) is -0.270. The molecule has 1 atom stereocenters. The number of carboxylic acids is 1. The zero-order valence-corrected chi connectivity index (χ0v) is 12.4. The summed E-state index contributed by atoms with van der Waals surface area (Å²) >= 11 is 0. The Hall–Kier alpha value is -1.55. The van der Waals surface area contributed by atoms with E-state index >= 15 is 0 Å². The maximum Gasteiger partial charge on any atom is 0.307 e. The average molecular weight is 265 g/mol. The van der Waals surface area contributed by atoms with Gasteiger partial charge >= 0.3 is 5.97 Å². The van der Waals surface area contributed by atoms with E-state index in [1.54, 1.807) is 14.0 Å². The maximum atomic E-state index is 10.9. The van der Waals surface area contributed by atoms with E-state index in [0.29, 0.717) is 13.1 Å². The predicted octanol–water partition coefficient (Wildman–Crippen LogP) is 2.46. The number of rotatable bonds is 6. The summed E-state index contributed by atoms with van der Waals surface area (Å²) in [4.78, 5) is 12.9. The fourth-order valence-electron chi connectivity index (χ4n) is 2.22. The van der Waals surface area contributed by atoms with Crippen molar-refractivity contribution in [3.8, 4) is 5.75 Å². The lowest BCUT2D eigenvalue weighted by atomic mass is 10.0. The van der Waals surface area contributed by atoms with Gasteiger partial charge in [-0.05, 0) is 38.1 Å². The molecule has 0 bridgehead atoms. The van der Waals surface area contributed by atoms with Crippen molar-refractivity contribution in [2.45, 2.75) is 27.3 Å². The van der Waals surface area contributed by atoms with Crippen molar-refractivity contribution in [1.29, 1.82) is 0 Å². The highest BCUT2D eigenvalue weighted by molar-refractivity contribution is 5.69. The molecule has 0 fully saturated rings. The quantitative estimate of drug-likeness (QED) is 0.858. The standard InChI is InChI=1S/C15H23NO3/c1-10-6-11(2)13(14(7-10)19-5)9-16(4)8-12(3)15(17)18/h6-7,12H,8-9H2,1-5H3,(H,17,18). The van der Waals surface area contributed by atoms with Gasteiger partial charge in [-0.3, -0.25) is 4.79 Å². The fourth-order valence-corrected chi connectivity index (χ4v) is 2.22. The monoisotopic (exact) mass is 265 g/mol. The first-order valence-corrected chi connectivity index (χ1v) is 6.40. The highest BCUT2D eigenvalue weighted by Crippen LogP contribution is 2.25. The Balaban J connectivity index is 2.84. The Morgan fingerprint density at radius 3 is 2.58 bits per heavy atom. The summed E-state index contributed by atoms with van der Waals surface area (Å²) in [5.41, 5.74) is 3.46. The lowest BCUT2D eigenvalue weighted by Gasteiger charge is -2.22. The minimum Gasteiger partial charge on any atom is -0.496 e. The SMILES string of the molecule is COc1cc(C)cc(C)c1CN(C)CC(C)C(=O)O. The van der Waals surface area contributed by atoms with Crippen LogP contribution < -0.4 is 4.74 Å². The number of methoxy groups -OCH3 is 1. The minimum absolute atomic E-state index is 0.373. The van der Waals surface area contributed by atoms with Gasteiger partial charge in [-0.2, -0.15) is 0 Å². The lowest BCUT2D eigenvalue weighted by Crippen LogP contribution is -2.28. The number of hydrogen-bond donors (Lipinski definition) is 1. The largest absolute Gasteiger partial charge is 0.496 e. The van der Waals surface area contributed by atoms with Gasteiger partial charge in [0, 0.05) is 18.7 Å². The van der Waals surface area contributed by atoms with Crippen molar-refractivity contribution >= 4 is 5.97 Å². The zero-order chi connectivity index (χ0) is 14.6. The van der Waals surface area contributed by atoms with Gasteiger partial charge in [0.15, 0.2) is 0 Å². The van der Waals surface area contributed by atoms with Crippen LogP contribution in [-0.2, 0) is 11.3 Å². The van der Waals surface area contributed by atoms with E-state index in [1.807, 2.05) is 24.9 Å². The summed E-state index contributed by atoms with van der Waals surface area (Å²) in [6.07, 6.45) is 0. The van der Waals surface area contributed by atoms with Gasteiger partial charge in [0.1, 0.15) is 5.75 Å². The van der Waals surface area contributed by atoms with Crippen LogP contribution in [0.15, 0.2) is 12.1 Å². The summed E-state index contributed by atoms with van der Waals surface area (Å²) in [7, 11) is 3.59. The van der Waals surface area contributed by atoms with Gasteiger partial charge in [0.25, 0.3) is 0 Å². The van der Waals surface area contributed by atoms with E-state index in [9.17, 15) is 4.79 Å². The third-order valence-corrected chi connectivity index (χ3v) is 3.23. The molecule has 1 aromatic carbocycles. The number of hydrogen-bond acceptors (Lipinski definition) is 3. The number of ether oxygens (including phenoxy) is 1. The first-order chi connectivity index (χ1) is 8.85. The number of aliphatic carboxylic acids is 1. The fraction of sp³-hybridized carbons (Fsp3) is 0.533. The number of nitrogens with zero attached hydrogens (tertiary/aromatic N) is 1. The number of benzene rings is 1. The first kappa shape index (κ1) is 15.5. The Morgan fingerprint density at radius 1 is 1.42 bits per heavy atom. The second-order valence-corrected chi connectivity index (χ2v) is 5.20. The molecule has 4 nitrogen and oxygen atoms in total. The molecule has 0 saturated heterocycles. The Kier molecular flexibility index (Phi) is 5.36. The molecule has 1 rings (SSSR count). The number of carbonyl (C=O) groups is 1. The van der Waals surface area contributed by atoms with Crippen LogP contribution in [0.25, 0.3) is 0 Å². The normalized spacial score (nSPS) is 12.5. The van der Waals surface area contributed by atoms with Crippen LogP contribution >= 0.6 is 0 Å². The van der Waals surface area contributed by atoms with Gasteiger partial charge in [-0.1, -0.05) is 13.0 Å². The van der Waals surface area contributed by atoms with Crippen LogP contribution in [-0.4, -0.2) is 36.7 Å². The lowest BCUT2D eigenvalue weighted by molar-refractivity contribution is -0.141. The topological polar surface area (TPSA) is 49.8 Å². The second kappa shape index (κ2) is 6.57. The van der Waals surface area contributed by atoms with Crippen LogP contribution in [0, 0.1) is 19.8 Å². The molecule has 0 heterocycles. The summed E-state index contributed by atoms with van der Waals surface area (Å²) in [6, 6.07) is 4.13. The molecule has 0 saturated carbocycles. The first-order valence-electron chi connectivity index (χ1n) is 6.40. The Morgan fingerprint density at radius 2 is 2.05 bits per heavy atom. The second-order valence-electron chi connectivity index (χ2n) is 5.20. The Labute approximate surface area is 115 Å². The third kappa shape index (κ3) is 4.24. The Bertz CT molecular complexity index is 457. The third-order valence-electron chi connectivity index (χ3n) is 3.23. The van der Waals surface area contributed by atoms with Crippen LogP contribution in [0.1, 0.15) is 23.6 Å². The van der Waals surface area contributed by atoms with E-state index < -0.39 is 5.97 Å². The highest BCUT2D eigenvalue weighted by Gasteiger charge is 2.16. The zero-order valence-electron chi connectivity index (χ0n) is 12.4. The molecular formula is C15H23NO3. The molecule has 1 aromatic rings. The molecule has 0 aliphatic heterocycles. The van der Waals surface area contributed by atoms with Crippen molar-refractivity contribution < 1.29 is 14.6 Å². The molecule has 0 radical (unpaired) electrons. The van der Waals surface area contributed by atoms with E-state index in [2.05, 4.69) is 13.0 Å². The highest BCUT2D eigenvalue weighted by atomic mass is 16.5. The van der Waals surface area contributed by atoms with E-state index in [-0.39, 0.29) is 5.92 Å². The van der Waals surface area contributed by atoms with Crippen LogP contribution in [0.3, 0.4) is 0 Å². The van der Waals surface area contributed by atoms with Gasteiger partial charge in [-0.25, -0.2) is 0 Å². The molecule has 0 amide bonds. The van der Waals surface area contributed by atoms with Gasteiger partial charge in [-0.15, -0.1) is 0 Å². The molecule has 0 aromatic heterocycles. The molecular weight excluding hydrogens is 242 g/mol. The van der Waals surface area contributed by atoms with Crippen LogP contribution in [0.5, 0.6) is 5.75 Å². The molecule has 4 heteroatoms. The van der Waals surface area contributed by atoms with E-state index in [0.717, 1.165) is 11.3 Å². The van der Waals surface area contributed by atoms with Crippen molar-refractivity contribution in [3.05, 3.63) is 28.8 Å². The van der Waals surface area contributed by atoms with Crippen molar-refractivity contribution in [2.75, 3.05) is 20.7 Å². The van der Waals surface area contributed by atoms with Gasteiger partial charge < -0.3 is 14.7 Å². The van der Waals surface area contributed by atoms with Crippen molar-refractivity contribution in [1.82, 2.24) is 4.90 Å². The van der Waals surface area contributed by atoms with Crippen molar-refractivity contribution in [3.63, 3.8) is 0 Å².